The summed E-state index contributed by atoms with van der Waals surface area (Å²) < 4.78 is 30.1. The Morgan fingerprint density at radius 2 is 1.93 bits per heavy atom. The molecule has 1 N–H and O–H groups in total. The summed E-state index contributed by atoms with van der Waals surface area (Å²) in [6.45, 7) is 1.65. The lowest BCUT2D eigenvalue weighted by atomic mass is 9.99. The zero-order chi connectivity index (χ0) is 18.8. The average Bonchev–Trinajstić information content (AvgIpc) is 3.02. The van der Waals surface area contributed by atoms with Gasteiger partial charge in [-0.2, -0.15) is 5.10 Å². The molecule has 8 heteroatoms. The summed E-state index contributed by atoms with van der Waals surface area (Å²) in [5.41, 5.74) is 0.629. The fourth-order valence-corrected chi connectivity index (χ4v) is 3.50. The maximum Gasteiger partial charge on any atom is 0.350 e. The van der Waals surface area contributed by atoms with E-state index in [0.29, 0.717) is 5.82 Å². The number of rotatable bonds is 4. The Labute approximate surface area is 167 Å². The van der Waals surface area contributed by atoms with Crippen LogP contribution in [0.15, 0.2) is 53.3 Å². The van der Waals surface area contributed by atoms with Gasteiger partial charge in [0, 0.05) is 24.1 Å². The highest BCUT2D eigenvalue weighted by molar-refractivity contribution is 5.85. The normalized spacial score (nSPS) is 16.6. The number of aromatic nitrogens is 3. The number of para-hydroxylation sites is 1. The number of hydrogen-bond acceptors (Lipinski definition) is 3. The second-order valence-electron chi connectivity index (χ2n) is 6.75. The molecule has 2 heterocycles. The first-order valence-electron chi connectivity index (χ1n) is 9.03. The van der Waals surface area contributed by atoms with Gasteiger partial charge in [0.1, 0.15) is 17.5 Å². The molecule has 28 heavy (non-hydrogen) atoms. The standard InChI is InChI=1S/C20H20F2N4O.ClH/c21-16-9-8-15(18(22)11-16)13-25-20(27)26(17-6-2-1-3-7-17)19(24-25)14-5-4-10-23-12-14;/h1-3,6-9,11,14,23H,4-5,10,12-13H2;1H. The van der Waals surface area contributed by atoms with Crippen molar-refractivity contribution >= 4 is 12.4 Å². The van der Waals surface area contributed by atoms with Crippen LogP contribution in [-0.4, -0.2) is 27.4 Å². The molecule has 0 aliphatic carbocycles. The van der Waals surface area contributed by atoms with E-state index >= 15 is 0 Å². The van der Waals surface area contributed by atoms with Crippen molar-refractivity contribution in [3.63, 3.8) is 0 Å². The van der Waals surface area contributed by atoms with E-state index in [9.17, 15) is 13.6 Å². The molecule has 1 atom stereocenters. The molecule has 1 aliphatic rings. The lowest BCUT2D eigenvalue weighted by molar-refractivity contribution is 0.439. The summed E-state index contributed by atoms with van der Waals surface area (Å²) in [6.07, 6.45) is 1.94. The molecule has 5 nitrogen and oxygen atoms in total. The molecular formula is C20H21ClF2N4O. The Hall–Kier alpha value is -2.51. The largest absolute Gasteiger partial charge is 0.350 e. The molecule has 0 spiro atoms. The van der Waals surface area contributed by atoms with Crippen molar-refractivity contribution in [2.45, 2.75) is 25.3 Å². The Morgan fingerprint density at radius 3 is 2.61 bits per heavy atom. The van der Waals surface area contributed by atoms with Gasteiger partial charge in [0.25, 0.3) is 0 Å². The molecule has 4 rings (SSSR count). The SMILES string of the molecule is Cl.O=c1n(Cc2ccc(F)cc2F)nc(C2CCCNC2)n1-c1ccccc1. The summed E-state index contributed by atoms with van der Waals surface area (Å²) in [4.78, 5) is 13.1. The number of halogens is 3. The summed E-state index contributed by atoms with van der Waals surface area (Å²) in [6, 6.07) is 12.7. The Bertz CT molecular complexity index is 997. The van der Waals surface area contributed by atoms with Crippen LogP contribution in [0.5, 0.6) is 0 Å². The van der Waals surface area contributed by atoms with Gasteiger partial charge in [-0.25, -0.2) is 22.8 Å². The monoisotopic (exact) mass is 406 g/mol. The van der Waals surface area contributed by atoms with E-state index in [0.717, 1.165) is 37.7 Å². The van der Waals surface area contributed by atoms with Gasteiger partial charge >= 0.3 is 5.69 Å². The van der Waals surface area contributed by atoms with Crippen LogP contribution < -0.4 is 11.0 Å². The number of hydrogen-bond donors (Lipinski definition) is 1. The Kier molecular flexibility index (Phi) is 6.26. The van der Waals surface area contributed by atoms with E-state index in [-0.39, 0.29) is 36.1 Å². The van der Waals surface area contributed by atoms with Gasteiger partial charge < -0.3 is 5.32 Å². The van der Waals surface area contributed by atoms with E-state index in [2.05, 4.69) is 10.4 Å². The number of nitrogens with zero attached hydrogens (tertiary/aromatic N) is 3. The third kappa shape index (κ3) is 4.00. The smallest absolute Gasteiger partial charge is 0.316 e. The third-order valence-corrected chi connectivity index (χ3v) is 4.88. The molecule has 0 amide bonds. The molecule has 148 valence electrons. The highest BCUT2D eigenvalue weighted by atomic mass is 35.5. The fourth-order valence-electron chi connectivity index (χ4n) is 3.50. The molecule has 0 bridgehead atoms. The van der Waals surface area contributed by atoms with E-state index in [1.807, 2.05) is 30.3 Å². The van der Waals surface area contributed by atoms with Crippen LogP contribution in [0.3, 0.4) is 0 Å². The van der Waals surface area contributed by atoms with Gasteiger partial charge in [0.15, 0.2) is 0 Å². The first-order chi connectivity index (χ1) is 13.1. The maximum atomic E-state index is 14.1. The Morgan fingerprint density at radius 1 is 1.14 bits per heavy atom. The predicted molar refractivity (Wildman–Crippen MR) is 105 cm³/mol. The van der Waals surface area contributed by atoms with Crippen molar-refractivity contribution in [1.82, 2.24) is 19.7 Å². The van der Waals surface area contributed by atoms with Crippen molar-refractivity contribution in [3.05, 3.63) is 82.0 Å². The Balaban J connectivity index is 0.00000225. The van der Waals surface area contributed by atoms with E-state index in [1.54, 1.807) is 4.57 Å². The minimum absolute atomic E-state index is 0. The first-order valence-corrected chi connectivity index (χ1v) is 9.03. The molecule has 1 fully saturated rings. The molecule has 1 aliphatic heterocycles. The van der Waals surface area contributed by atoms with Gasteiger partial charge in [0.2, 0.25) is 0 Å². The highest BCUT2D eigenvalue weighted by Gasteiger charge is 2.25. The molecule has 3 aromatic rings. The van der Waals surface area contributed by atoms with Crippen molar-refractivity contribution in [1.29, 1.82) is 0 Å². The van der Waals surface area contributed by atoms with Crippen LogP contribution in [0.2, 0.25) is 0 Å². The summed E-state index contributed by atoms with van der Waals surface area (Å²) in [5.74, 6) is -0.559. The minimum Gasteiger partial charge on any atom is -0.316 e. The average molecular weight is 407 g/mol. The van der Waals surface area contributed by atoms with Crippen LogP contribution in [0.25, 0.3) is 5.69 Å². The second kappa shape index (κ2) is 8.67. The zero-order valence-electron chi connectivity index (χ0n) is 15.1. The van der Waals surface area contributed by atoms with E-state index in [1.165, 1.54) is 16.8 Å². The molecule has 1 aromatic heterocycles. The minimum atomic E-state index is -0.683. The third-order valence-electron chi connectivity index (χ3n) is 4.88. The van der Waals surface area contributed by atoms with Gasteiger partial charge in [-0.1, -0.05) is 24.3 Å². The van der Waals surface area contributed by atoms with Crippen molar-refractivity contribution in [2.75, 3.05) is 13.1 Å². The van der Waals surface area contributed by atoms with Crippen molar-refractivity contribution < 1.29 is 8.78 Å². The second-order valence-corrected chi connectivity index (χ2v) is 6.75. The van der Waals surface area contributed by atoms with Gasteiger partial charge in [-0.3, -0.25) is 0 Å². The first kappa shape index (κ1) is 20.2. The number of piperidine rings is 1. The highest BCUT2D eigenvalue weighted by Crippen LogP contribution is 2.23. The van der Waals surface area contributed by atoms with Crippen LogP contribution in [0, 0.1) is 11.6 Å². The summed E-state index contributed by atoms with van der Waals surface area (Å²) in [7, 11) is 0. The lowest BCUT2D eigenvalue weighted by Gasteiger charge is -2.22. The van der Waals surface area contributed by atoms with Gasteiger partial charge in [-0.05, 0) is 37.6 Å². The predicted octanol–water partition coefficient (Wildman–Crippen LogP) is 3.25. The molecule has 0 radical (unpaired) electrons. The van der Waals surface area contributed by atoms with Crippen LogP contribution >= 0.6 is 12.4 Å². The topological polar surface area (TPSA) is 51.9 Å². The molecule has 1 saturated heterocycles. The summed E-state index contributed by atoms with van der Waals surface area (Å²) >= 11 is 0. The van der Waals surface area contributed by atoms with Crippen molar-refractivity contribution in [3.8, 4) is 5.69 Å². The van der Waals surface area contributed by atoms with E-state index < -0.39 is 11.6 Å². The van der Waals surface area contributed by atoms with Crippen LogP contribution in [-0.2, 0) is 6.54 Å². The van der Waals surface area contributed by atoms with Gasteiger partial charge in [-0.15, -0.1) is 12.4 Å². The molecule has 0 saturated carbocycles. The number of benzene rings is 2. The van der Waals surface area contributed by atoms with Crippen molar-refractivity contribution in [2.24, 2.45) is 0 Å². The maximum absolute atomic E-state index is 14.1. The fraction of sp³-hybridized carbons (Fsp3) is 0.300. The van der Waals surface area contributed by atoms with Crippen LogP contribution in [0.1, 0.15) is 30.1 Å². The van der Waals surface area contributed by atoms with Crippen LogP contribution in [0.4, 0.5) is 8.78 Å². The summed E-state index contributed by atoms with van der Waals surface area (Å²) in [5, 5.41) is 7.87. The zero-order valence-corrected chi connectivity index (χ0v) is 16.0. The number of nitrogens with one attached hydrogen (secondary N) is 1. The molecule has 1 unspecified atom stereocenters. The van der Waals surface area contributed by atoms with E-state index in [4.69, 9.17) is 0 Å². The molecular weight excluding hydrogens is 386 g/mol. The molecule has 2 aromatic carbocycles. The quantitative estimate of drug-likeness (QED) is 0.723. The van der Waals surface area contributed by atoms with Gasteiger partial charge in [0.05, 0.1) is 12.2 Å². The lowest BCUT2D eigenvalue weighted by Crippen LogP contribution is -2.31.